The van der Waals surface area contributed by atoms with E-state index in [9.17, 15) is 0 Å². The number of aryl methyl sites for hydroxylation is 11. The van der Waals surface area contributed by atoms with E-state index in [-0.39, 0.29) is 44.8 Å². The summed E-state index contributed by atoms with van der Waals surface area (Å²) >= 11 is 0. The third-order valence-electron chi connectivity index (χ3n) is 20.5. The van der Waals surface area contributed by atoms with Gasteiger partial charge in [-0.15, -0.1) is 0 Å². The lowest BCUT2D eigenvalue weighted by atomic mass is 9.85. The number of ether oxygens (including phenoxy) is 10. The number of para-hydroxylation sites is 1. The van der Waals surface area contributed by atoms with Crippen molar-refractivity contribution in [2.24, 2.45) is 0 Å². The lowest BCUT2D eigenvalue weighted by Gasteiger charge is -2.26. The second-order valence-corrected chi connectivity index (χ2v) is 39.5. The van der Waals surface area contributed by atoms with Gasteiger partial charge < -0.3 is 74.0 Å². The number of hydrogen-bond donors (Lipinski definition) is 5. The molecule has 0 saturated carbocycles. The Labute approximate surface area is 755 Å². The van der Waals surface area contributed by atoms with E-state index in [0.29, 0.717) is 42.9 Å². The van der Waals surface area contributed by atoms with Gasteiger partial charge in [-0.2, -0.15) is 0 Å². The Morgan fingerprint density at radius 1 is 0.258 bits per heavy atom. The van der Waals surface area contributed by atoms with Gasteiger partial charge in [-0.3, -0.25) is 0 Å². The minimum Gasteiger partial charge on any atom is -0.467 e. The van der Waals surface area contributed by atoms with Crippen LogP contribution in [-0.4, -0.2) is 102 Å². The first-order chi connectivity index (χ1) is 59.4. The van der Waals surface area contributed by atoms with Gasteiger partial charge >= 0.3 is 0 Å². The van der Waals surface area contributed by atoms with Crippen LogP contribution in [0.15, 0.2) is 164 Å². The molecule has 5 unspecified atom stereocenters. The Balaban J connectivity index is 0.000000240. The molecule has 10 aromatic rings. The van der Waals surface area contributed by atoms with Gasteiger partial charge in [0, 0.05) is 100 Å². The maximum atomic E-state index is 6.10. The Hall–Kier alpha value is -7.05. The molecule has 0 aliphatic heterocycles. The number of benzene rings is 10. The summed E-state index contributed by atoms with van der Waals surface area (Å²) < 4.78 is 55.2. The largest absolute Gasteiger partial charge is 0.467 e. The van der Waals surface area contributed by atoms with Crippen molar-refractivity contribution in [3.8, 4) is 28.7 Å². The maximum absolute atomic E-state index is 6.10. The van der Waals surface area contributed by atoms with Crippen LogP contribution in [0.2, 0.25) is 0 Å². The maximum Gasteiger partial charge on any atom is 0.188 e. The molecule has 0 fully saturated rings. The lowest BCUT2D eigenvalue weighted by molar-refractivity contribution is 0.0505. The third-order valence-corrected chi connectivity index (χ3v) is 28.6. The van der Waals surface area contributed by atoms with E-state index < -0.39 is 0 Å². The molecule has 0 aliphatic rings. The zero-order chi connectivity index (χ0) is 90.9. The van der Waals surface area contributed by atoms with Crippen LogP contribution in [0.3, 0.4) is 0 Å². The van der Waals surface area contributed by atoms with E-state index in [1.54, 1.807) is 35.5 Å². The number of hydrogen-bond acceptors (Lipinski definition) is 15. The highest BCUT2D eigenvalue weighted by Gasteiger charge is 2.26. The van der Waals surface area contributed by atoms with Crippen LogP contribution >= 0.6 is 42.9 Å². The summed E-state index contributed by atoms with van der Waals surface area (Å²) in [6, 6.07) is 58.9. The van der Waals surface area contributed by atoms with Crippen LogP contribution < -0.4 is 103 Å². The molecule has 5 atom stereocenters. The Kier molecular flexibility index (Phi) is 47.4. The molecule has 15 nitrogen and oxygen atoms in total. The normalized spacial score (nSPS) is 11.7. The summed E-state index contributed by atoms with van der Waals surface area (Å²) in [6.45, 7) is 58.6. The second-order valence-electron chi connectivity index (χ2n) is 33.1. The molecular formula is C104H148N5O10P5. The zero-order valence-corrected chi connectivity index (χ0v) is 84.8. The fraction of sp³-hybridized carbons (Fsp3) is 0.423. The summed E-state index contributed by atoms with van der Waals surface area (Å²) in [5.74, 6) is 4.75. The Bertz CT molecular complexity index is 4800. The smallest absolute Gasteiger partial charge is 0.188 e. The van der Waals surface area contributed by atoms with E-state index >= 15 is 0 Å². The van der Waals surface area contributed by atoms with Crippen molar-refractivity contribution < 1.29 is 47.4 Å². The van der Waals surface area contributed by atoms with Crippen LogP contribution in [0.4, 0.5) is 0 Å². The average Bonchev–Trinajstić information content (AvgIpc) is 0.732. The van der Waals surface area contributed by atoms with Crippen molar-refractivity contribution in [3.63, 3.8) is 0 Å². The molecule has 0 bridgehead atoms. The average molecular weight is 1780 g/mol. The van der Waals surface area contributed by atoms with Gasteiger partial charge in [-0.05, 0) is 266 Å². The summed E-state index contributed by atoms with van der Waals surface area (Å²) in [7, 11) is 11.1. The first-order valence-electron chi connectivity index (χ1n) is 43.5. The van der Waals surface area contributed by atoms with Crippen molar-refractivity contribution in [2.75, 3.05) is 102 Å². The van der Waals surface area contributed by atoms with E-state index in [1.165, 1.54) is 142 Å². The monoisotopic (exact) mass is 1780 g/mol. The van der Waals surface area contributed by atoms with E-state index in [4.69, 9.17) is 47.4 Å². The zero-order valence-electron chi connectivity index (χ0n) is 79.8. The first kappa shape index (κ1) is 106. The molecule has 0 aromatic heterocycles. The molecular weight excluding hydrogens is 1630 g/mol. The van der Waals surface area contributed by atoms with Crippen LogP contribution in [0.5, 0.6) is 28.7 Å². The Morgan fingerprint density at radius 3 is 0.903 bits per heavy atom. The van der Waals surface area contributed by atoms with Crippen molar-refractivity contribution in [1.82, 2.24) is 26.6 Å². The van der Waals surface area contributed by atoms with Crippen LogP contribution in [0.25, 0.3) is 0 Å². The highest BCUT2D eigenvalue weighted by atomic mass is 31.1. The molecule has 0 saturated heterocycles. The number of methoxy groups -OCH3 is 5. The molecule has 0 spiro atoms. The first-order valence-corrected chi connectivity index (χ1v) is 48.5. The summed E-state index contributed by atoms with van der Waals surface area (Å²) in [5.41, 5.74) is 23.5. The third kappa shape index (κ3) is 33.9. The van der Waals surface area contributed by atoms with Crippen LogP contribution in [0.1, 0.15) is 176 Å². The standard InChI is InChI=1S/2C23H34NO2P.C20H28NO2P.2C19H26NO2P/c1-8-24-14-18-11-9-10-17(3)22(18)27-20-13-16(2)12-19(23(4,5)6)21(20)26-15-25-7;1-8-24-14-18-11-9-10-16(2)22(18)27-20-13-19(23(4,5)6)12-17(3)21(20)26-15-25-7;1-6-21-12-17-9-7-8-15(3)20(17)24-18-11-14(2)10-16(4)19(18)23-13-22-5;1-5-20-12-16-10-6-9-15(3)19(16)23-17-11-7-8-14(2)18(17)22-13-21-4;1-5-20-12-16-8-6-7-15(3)19(16)23-18-11-14(2)9-10-17(18)22-13-21-4/h2*9-13,24,27H,8,14-15H2,1-7H3;7-11,21,24H,6,12-13H2,1-5H3;2*6-11,20,23H,5,12-13H2,1-4H3. The minimum atomic E-state index is 0.00660. The molecule has 0 aliphatic carbocycles. The summed E-state index contributed by atoms with van der Waals surface area (Å²) in [5, 5.41) is 30.5. The fourth-order valence-electron chi connectivity index (χ4n) is 14.0. The molecule has 5 N–H and O–H groups in total. The van der Waals surface area contributed by atoms with Gasteiger partial charge in [0.05, 0.1) is 0 Å². The molecule has 20 heteroatoms. The van der Waals surface area contributed by atoms with Crippen LogP contribution in [-0.2, 0) is 67.2 Å². The van der Waals surface area contributed by atoms with Crippen molar-refractivity contribution >= 4 is 95.9 Å². The predicted octanol–water partition coefficient (Wildman–Crippen LogP) is 18.0. The topological polar surface area (TPSA) is 152 Å². The molecule has 124 heavy (non-hydrogen) atoms. The van der Waals surface area contributed by atoms with Crippen molar-refractivity contribution in [3.05, 3.63) is 264 Å². The quantitative estimate of drug-likeness (QED) is 0.0183. The van der Waals surface area contributed by atoms with E-state index in [2.05, 4.69) is 337 Å². The second kappa shape index (κ2) is 55.6. The van der Waals surface area contributed by atoms with Gasteiger partial charge in [0.1, 0.15) is 28.7 Å². The molecule has 0 radical (unpaired) electrons. The summed E-state index contributed by atoms with van der Waals surface area (Å²) in [4.78, 5) is 0. The molecule has 0 amide bonds. The highest BCUT2D eigenvalue weighted by molar-refractivity contribution is 7.57. The van der Waals surface area contributed by atoms with Gasteiger partial charge in [0.2, 0.25) is 0 Å². The summed E-state index contributed by atoms with van der Waals surface area (Å²) in [6.07, 6.45) is 0. The van der Waals surface area contributed by atoms with E-state index in [1.807, 2.05) is 6.07 Å². The fourth-order valence-corrected chi connectivity index (χ4v) is 21.4. The van der Waals surface area contributed by atoms with Gasteiger partial charge in [-0.1, -0.05) is 258 Å². The van der Waals surface area contributed by atoms with Gasteiger partial charge in [0.25, 0.3) is 0 Å². The lowest BCUT2D eigenvalue weighted by Crippen LogP contribution is -2.23. The van der Waals surface area contributed by atoms with Gasteiger partial charge in [0.15, 0.2) is 34.0 Å². The minimum absolute atomic E-state index is 0.00660. The van der Waals surface area contributed by atoms with E-state index in [0.717, 1.165) is 105 Å². The van der Waals surface area contributed by atoms with Gasteiger partial charge in [-0.25, -0.2) is 0 Å². The van der Waals surface area contributed by atoms with Crippen LogP contribution in [0, 0.1) is 76.2 Å². The van der Waals surface area contributed by atoms with Crippen molar-refractivity contribution in [1.29, 1.82) is 0 Å². The van der Waals surface area contributed by atoms with Crippen molar-refractivity contribution in [2.45, 2.75) is 196 Å². The molecule has 10 rings (SSSR count). The Morgan fingerprint density at radius 2 is 0.548 bits per heavy atom. The SMILES string of the molecule is CCNCc1cccc(C)c1Pc1cc(C(C)(C)C)cc(C)c1OCOC.CCNCc1cccc(C)c1Pc1cc(C)cc(C(C)(C)C)c1OCOC.CCNCc1cccc(C)c1Pc1cc(C)cc(C)c1OCOC.CCNCc1cccc(C)c1Pc1cc(C)ccc1OCOC.CCNCc1cccc(C)c1Pc1cccc(C)c1OCOC. The molecule has 0 heterocycles. The predicted molar refractivity (Wildman–Crippen MR) is 541 cm³/mol. The molecule has 10 aromatic carbocycles. The highest BCUT2D eigenvalue weighted by Crippen LogP contribution is 2.37. The number of nitrogens with one attached hydrogen (secondary N) is 5. The molecule has 674 valence electrons. The number of rotatable bonds is 40.